The summed E-state index contributed by atoms with van der Waals surface area (Å²) in [6.07, 6.45) is 16.3. The van der Waals surface area contributed by atoms with Gasteiger partial charge in [-0.3, -0.25) is 14.7 Å². The molecule has 2 aromatic rings. The summed E-state index contributed by atoms with van der Waals surface area (Å²) in [5.41, 5.74) is 0. The van der Waals surface area contributed by atoms with Crippen LogP contribution in [0.2, 0.25) is 0 Å². The standard InChI is InChI=1S/C52H79Cl6N2O12P/c1-4-6-8-10-12-14-15-17-19-21-29-35-44(61)67-40(30-24-20-18-16-13-11-9-7-5-2)36-37-65-47-45(60-50(62)66-39-51(53,54)55)48(69-49(59)52(56,57)58)68-43(38-64-3)46(47)72-73(63,70-41-31-25-22-26-32-41)71-42-33-27-23-28-34-42/h22-23,25-28,31-34,40,43,45-48,59H,4-21,24,29-30,35-39H2,1-3H3,(H,60,62)/t40-,43-,45-,46-,47-,48-/m1/s1. The Morgan fingerprint density at radius 3 is 1.67 bits per heavy atom. The number of hydrogen-bond acceptors (Lipinski definition) is 13. The number of alkyl halides is 6. The second-order valence-electron chi connectivity index (χ2n) is 18.3. The Hall–Kier alpha value is -1.94. The van der Waals surface area contributed by atoms with E-state index < -0.39 is 70.8 Å². The van der Waals surface area contributed by atoms with E-state index in [0.29, 0.717) is 6.42 Å². The minimum absolute atomic E-state index is 0.114. The number of carbonyl (C=O) groups excluding carboxylic acids is 2. The lowest BCUT2D eigenvalue weighted by Gasteiger charge is -2.46. The van der Waals surface area contributed by atoms with Crippen molar-refractivity contribution in [3.8, 4) is 11.5 Å². The highest BCUT2D eigenvalue weighted by atomic mass is 35.6. The summed E-state index contributed by atoms with van der Waals surface area (Å²) in [4.78, 5) is 27.0. The molecule has 1 heterocycles. The van der Waals surface area contributed by atoms with Crippen LogP contribution in [0, 0.1) is 5.41 Å². The minimum Gasteiger partial charge on any atom is -0.462 e. The molecular weight excluding hydrogens is 1090 g/mol. The molecule has 0 saturated carbocycles. The smallest absolute Gasteiger partial charge is 0.462 e. The maximum Gasteiger partial charge on any atom is 0.588 e. The number of halogens is 6. The Kier molecular flexibility index (Phi) is 33.1. The number of alkyl carbamates (subject to hydrolysis) is 1. The molecule has 0 spiro atoms. The fourth-order valence-corrected chi connectivity index (χ4v) is 9.91. The fourth-order valence-electron chi connectivity index (χ4n) is 8.18. The van der Waals surface area contributed by atoms with Crippen molar-refractivity contribution in [2.75, 3.05) is 26.9 Å². The number of nitrogens with one attached hydrogen (secondary N) is 2. The van der Waals surface area contributed by atoms with Crippen LogP contribution in [0.15, 0.2) is 60.7 Å². The number of hydrogen-bond donors (Lipinski definition) is 2. The number of rotatable bonds is 38. The van der Waals surface area contributed by atoms with Crippen LogP contribution in [-0.4, -0.2) is 89.2 Å². The molecule has 1 saturated heterocycles. The molecule has 0 aliphatic carbocycles. The van der Waals surface area contributed by atoms with Gasteiger partial charge in [0.1, 0.15) is 48.6 Å². The molecule has 21 heteroatoms. The lowest BCUT2D eigenvalue weighted by Crippen LogP contribution is -2.66. The van der Waals surface area contributed by atoms with Gasteiger partial charge in [-0.15, -0.1) is 0 Å². The maximum absolute atomic E-state index is 15.1. The first-order valence-corrected chi connectivity index (χ1v) is 29.7. The lowest BCUT2D eigenvalue weighted by atomic mass is 9.96. The van der Waals surface area contributed by atoms with Gasteiger partial charge in [0.05, 0.1) is 13.2 Å². The summed E-state index contributed by atoms with van der Waals surface area (Å²) in [5.74, 6) is -0.905. The van der Waals surface area contributed by atoms with Gasteiger partial charge in [0, 0.05) is 20.0 Å². The van der Waals surface area contributed by atoms with Crippen molar-refractivity contribution in [1.82, 2.24) is 5.32 Å². The highest BCUT2D eigenvalue weighted by molar-refractivity contribution is 7.49. The van der Waals surface area contributed by atoms with Crippen molar-refractivity contribution in [2.24, 2.45) is 0 Å². The zero-order chi connectivity index (χ0) is 53.4. The molecule has 2 aromatic carbocycles. The summed E-state index contributed by atoms with van der Waals surface area (Å²) < 4.78 is 64.9. The van der Waals surface area contributed by atoms with Gasteiger partial charge < -0.3 is 42.8 Å². The van der Waals surface area contributed by atoms with Gasteiger partial charge in [-0.25, -0.2) is 9.36 Å². The molecule has 416 valence electrons. The molecule has 3 rings (SSSR count). The molecule has 14 nitrogen and oxygen atoms in total. The van der Waals surface area contributed by atoms with Crippen LogP contribution in [0.4, 0.5) is 4.79 Å². The SMILES string of the molecule is CCCCCCCCCCCCCC(=O)O[C@H](CCCCCCCCCCC)CCO[C@@H]1[C@@H](NC(=O)OCC(Cl)(Cl)Cl)[C@@H](OC(=N)C(Cl)(Cl)Cl)O[C@H](COC)[C@H]1OP(=O)(Oc1ccccc1)Oc1ccccc1. The predicted octanol–water partition coefficient (Wildman–Crippen LogP) is 16.1. The van der Waals surface area contributed by atoms with E-state index in [2.05, 4.69) is 19.2 Å². The fraction of sp³-hybridized carbons (Fsp3) is 0.712. The highest BCUT2D eigenvalue weighted by Gasteiger charge is 2.54. The number of unbranched alkanes of at least 4 members (excludes halogenated alkanes) is 18. The van der Waals surface area contributed by atoms with Crippen molar-refractivity contribution < 1.29 is 56.1 Å². The Labute approximate surface area is 464 Å². The third-order valence-corrected chi connectivity index (χ3v) is 14.2. The summed E-state index contributed by atoms with van der Waals surface area (Å²) in [7, 11) is -3.37. The minimum atomic E-state index is -4.76. The molecule has 0 unspecified atom stereocenters. The molecule has 1 fully saturated rings. The van der Waals surface area contributed by atoms with Crippen molar-refractivity contribution in [1.29, 1.82) is 5.41 Å². The van der Waals surface area contributed by atoms with Crippen LogP contribution in [0.1, 0.15) is 162 Å². The number of phosphoric ester groups is 1. The van der Waals surface area contributed by atoms with Crippen molar-refractivity contribution >= 4 is 95.4 Å². The van der Waals surface area contributed by atoms with Crippen molar-refractivity contribution in [3.05, 3.63) is 60.7 Å². The van der Waals surface area contributed by atoms with E-state index >= 15 is 4.57 Å². The van der Waals surface area contributed by atoms with E-state index in [1.807, 2.05) is 0 Å². The summed E-state index contributed by atoms with van der Waals surface area (Å²) in [5, 5.41) is 11.1. The summed E-state index contributed by atoms with van der Waals surface area (Å²) in [6, 6.07) is 14.9. The lowest BCUT2D eigenvalue weighted by molar-refractivity contribution is -0.255. The van der Waals surface area contributed by atoms with Crippen molar-refractivity contribution in [2.45, 2.75) is 206 Å². The van der Waals surface area contributed by atoms with E-state index in [4.69, 9.17) is 117 Å². The number of para-hydroxylation sites is 2. The van der Waals surface area contributed by atoms with Gasteiger partial charge in [0.2, 0.25) is 16.0 Å². The molecule has 73 heavy (non-hydrogen) atoms. The number of phosphoric acid groups is 1. The Morgan fingerprint density at radius 1 is 0.699 bits per heavy atom. The second-order valence-corrected chi connectivity index (χ2v) is 24.5. The first-order chi connectivity index (χ1) is 35.0. The third-order valence-electron chi connectivity index (χ3n) is 12.0. The molecule has 6 atom stereocenters. The first-order valence-electron chi connectivity index (χ1n) is 26.0. The molecular formula is C52H79Cl6N2O12P. The summed E-state index contributed by atoms with van der Waals surface area (Å²) >= 11 is 36.0. The first kappa shape index (κ1) is 65.3. The van der Waals surface area contributed by atoms with E-state index in [1.165, 1.54) is 84.2 Å². The molecule has 1 aliphatic rings. The largest absolute Gasteiger partial charge is 0.588 e. The van der Waals surface area contributed by atoms with Gasteiger partial charge in [-0.2, -0.15) is 0 Å². The second kappa shape index (κ2) is 37.0. The number of amides is 1. The Balaban J connectivity index is 1.95. The molecule has 1 amide bonds. The molecule has 1 aliphatic heterocycles. The van der Waals surface area contributed by atoms with E-state index in [9.17, 15) is 9.59 Å². The van der Waals surface area contributed by atoms with Gasteiger partial charge in [-0.05, 0) is 43.5 Å². The maximum atomic E-state index is 15.1. The number of methoxy groups -OCH3 is 1. The molecule has 0 bridgehead atoms. The van der Waals surface area contributed by atoms with Gasteiger partial charge in [0.15, 0.2) is 0 Å². The zero-order valence-corrected chi connectivity index (χ0v) is 48.2. The summed E-state index contributed by atoms with van der Waals surface area (Å²) in [6.45, 7) is 3.38. The highest BCUT2D eigenvalue weighted by Crippen LogP contribution is 2.52. The number of benzene rings is 2. The quantitative estimate of drug-likeness (QED) is 0.0163. The Bertz CT molecular complexity index is 1810. The number of esters is 1. The van der Waals surface area contributed by atoms with Crippen LogP contribution in [0.25, 0.3) is 0 Å². The zero-order valence-electron chi connectivity index (χ0n) is 42.7. The molecule has 2 N–H and O–H groups in total. The van der Waals surface area contributed by atoms with Crippen LogP contribution >= 0.6 is 77.4 Å². The normalized spacial score (nSPS) is 18.7. The van der Waals surface area contributed by atoms with E-state index in [1.54, 1.807) is 60.7 Å². The van der Waals surface area contributed by atoms with Crippen molar-refractivity contribution in [3.63, 3.8) is 0 Å². The Morgan fingerprint density at radius 2 is 1.19 bits per heavy atom. The van der Waals surface area contributed by atoms with Crippen LogP contribution in [0.5, 0.6) is 11.5 Å². The van der Waals surface area contributed by atoms with Crippen LogP contribution < -0.4 is 14.4 Å². The van der Waals surface area contributed by atoms with Gasteiger partial charge in [0.25, 0.3) is 3.79 Å². The monoisotopic (exact) mass is 1160 g/mol. The predicted molar refractivity (Wildman–Crippen MR) is 292 cm³/mol. The van der Waals surface area contributed by atoms with Crippen LogP contribution in [0.3, 0.4) is 0 Å². The van der Waals surface area contributed by atoms with Crippen LogP contribution in [-0.2, 0) is 42.3 Å². The van der Waals surface area contributed by atoms with Gasteiger partial charge >= 0.3 is 19.9 Å². The molecule has 0 aromatic heterocycles. The van der Waals surface area contributed by atoms with Gasteiger partial charge in [-0.1, -0.05) is 235 Å². The topological polar surface area (TPSA) is 170 Å². The van der Waals surface area contributed by atoms with E-state index in [0.717, 1.165) is 51.4 Å². The number of carbonyl (C=O) groups is 2. The average Bonchev–Trinajstić information content (AvgIpc) is 3.34. The molecule has 0 radical (unpaired) electrons. The average molecular weight is 1170 g/mol. The van der Waals surface area contributed by atoms with E-state index in [-0.39, 0.29) is 43.5 Å². The number of ether oxygens (including phenoxy) is 6. The third kappa shape index (κ3) is 28.9.